The molecule has 24 heavy (non-hydrogen) atoms. The van der Waals surface area contributed by atoms with E-state index in [1.54, 1.807) is 25.3 Å². The molecular weight excluding hydrogens is 362 g/mol. The molecule has 1 aliphatic heterocycles. The van der Waals surface area contributed by atoms with Crippen LogP contribution in [0, 0.1) is 0 Å². The number of ether oxygens (including phenoxy) is 1. The van der Waals surface area contributed by atoms with Gasteiger partial charge in [-0.05, 0) is 29.8 Å². The molecule has 1 saturated heterocycles. The van der Waals surface area contributed by atoms with Crippen molar-refractivity contribution >= 4 is 51.9 Å². The van der Waals surface area contributed by atoms with Gasteiger partial charge in [-0.1, -0.05) is 65.9 Å². The van der Waals surface area contributed by atoms with E-state index in [2.05, 4.69) is 0 Å². The topological polar surface area (TPSA) is 29.5 Å². The molecule has 0 radical (unpaired) electrons. The summed E-state index contributed by atoms with van der Waals surface area (Å²) in [4.78, 5) is 14.2. The van der Waals surface area contributed by atoms with Crippen molar-refractivity contribution in [3.05, 3.63) is 69.6 Å². The summed E-state index contributed by atoms with van der Waals surface area (Å²) in [7, 11) is 1.67. The summed E-state index contributed by atoms with van der Waals surface area (Å²) in [5, 5.41) is 0.584. The van der Waals surface area contributed by atoms with E-state index in [1.807, 2.05) is 36.4 Å². The Balaban J connectivity index is 1.86. The maximum Gasteiger partial charge on any atom is 0.265 e. The zero-order chi connectivity index (χ0) is 17.1. The number of benzene rings is 2. The molecule has 2 aromatic rings. The Labute approximate surface area is 155 Å². The van der Waals surface area contributed by atoms with Gasteiger partial charge < -0.3 is 4.74 Å². The number of thiocarbonyl (C=S) groups is 1. The first-order valence-corrected chi connectivity index (χ1v) is 8.83. The Morgan fingerprint density at radius 2 is 2.00 bits per heavy atom. The lowest BCUT2D eigenvalue weighted by molar-refractivity contribution is -0.121. The minimum atomic E-state index is -0.112. The van der Waals surface area contributed by atoms with Crippen molar-refractivity contribution in [1.82, 2.24) is 4.90 Å². The fraction of sp³-hybridized carbons (Fsp3) is 0.111. The minimum absolute atomic E-state index is 0.112. The van der Waals surface area contributed by atoms with Gasteiger partial charge in [-0.15, -0.1) is 0 Å². The van der Waals surface area contributed by atoms with Gasteiger partial charge in [-0.25, -0.2) is 0 Å². The third-order valence-corrected chi connectivity index (χ3v) is 5.20. The normalized spacial score (nSPS) is 16.1. The van der Waals surface area contributed by atoms with Crippen molar-refractivity contribution in [3.63, 3.8) is 0 Å². The van der Waals surface area contributed by atoms with E-state index in [0.29, 0.717) is 26.6 Å². The molecule has 3 rings (SSSR count). The standard InChI is InChI=1S/C18H14ClNO2S2/c1-20-17(21)16(24-18(20)23)10-13-9-14(19)7-8-15(13)22-11-12-5-3-2-4-6-12/h2-10H,11H2,1H3. The number of nitrogens with zero attached hydrogens (tertiary/aromatic N) is 1. The van der Waals surface area contributed by atoms with Crippen LogP contribution in [-0.4, -0.2) is 22.2 Å². The smallest absolute Gasteiger partial charge is 0.265 e. The molecule has 0 unspecified atom stereocenters. The summed E-state index contributed by atoms with van der Waals surface area (Å²) in [6.45, 7) is 0.443. The molecule has 3 nitrogen and oxygen atoms in total. The predicted octanol–water partition coefficient (Wildman–Crippen LogP) is 4.75. The van der Waals surface area contributed by atoms with Crippen LogP contribution >= 0.6 is 35.6 Å². The van der Waals surface area contributed by atoms with Gasteiger partial charge in [0.25, 0.3) is 5.91 Å². The van der Waals surface area contributed by atoms with Crippen LogP contribution < -0.4 is 4.74 Å². The molecule has 2 aromatic carbocycles. The first-order chi connectivity index (χ1) is 11.5. The highest BCUT2D eigenvalue weighted by atomic mass is 35.5. The van der Waals surface area contributed by atoms with Crippen molar-refractivity contribution in [3.8, 4) is 5.75 Å². The Hall–Kier alpha value is -1.82. The van der Waals surface area contributed by atoms with Gasteiger partial charge in [-0.2, -0.15) is 0 Å². The lowest BCUT2D eigenvalue weighted by atomic mass is 10.1. The summed E-state index contributed by atoms with van der Waals surface area (Å²) in [5.74, 6) is 0.559. The molecule has 0 bridgehead atoms. The van der Waals surface area contributed by atoms with Gasteiger partial charge in [0, 0.05) is 17.6 Å². The molecule has 0 atom stereocenters. The van der Waals surface area contributed by atoms with Crippen LogP contribution in [0.5, 0.6) is 5.75 Å². The number of rotatable bonds is 4. The minimum Gasteiger partial charge on any atom is -0.488 e. The molecule has 1 fully saturated rings. The molecule has 0 aromatic heterocycles. The molecule has 0 spiro atoms. The maximum absolute atomic E-state index is 12.2. The van der Waals surface area contributed by atoms with E-state index in [4.69, 9.17) is 28.6 Å². The number of halogens is 1. The molecule has 1 heterocycles. The predicted molar refractivity (Wildman–Crippen MR) is 103 cm³/mol. The Morgan fingerprint density at radius 3 is 2.67 bits per heavy atom. The second kappa shape index (κ2) is 7.38. The molecule has 122 valence electrons. The number of hydrogen-bond donors (Lipinski definition) is 0. The van der Waals surface area contributed by atoms with Crippen LogP contribution in [0.15, 0.2) is 53.4 Å². The fourth-order valence-electron chi connectivity index (χ4n) is 2.19. The number of carbonyl (C=O) groups is 1. The summed E-state index contributed by atoms with van der Waals surface area (Å²) in [5.41, 5.74) is 1.82. The SMILES string of the molecule is CN1C(=O)C(=Cc2cc(Cl)ccc2OCc2ccccc2)SC1=S. The molecule has 6 heteroatoms. The number of thioether (sulfide) groups is 1. The first-order valence-electron chi connectivity index (χ1n) is 7.22. The lowest BCUT2D eigenvalue weighted by Gasteiger charge is -2.10. The number of hydrogen-bond acceptors (Lipinski definition) is 4. The summed E-state index contributed by atoms with van der Waals surface area (Å²) >= 11 is 12.5. The Kier molecular flexibility index (Phi) is 5.23. The second-order valence-corrected chi connectivity index (χ2v) is 7.31. The average Bonchev–Trinajstić information content (AvgIpc) is 2.82. The third-order valence-electron chi connectivity index (χ3n) is 3.48. The number of amides is 1. The van der Waals surface area contributed by atoms with Gasteiger partial charge in [0.2, 0.25) is 0 Å². The maximum atomic E-state index is 12.2. The van der Waals surface area contributed by atoms with Gasteiger partial charge >= 0.3 is 0 Å². The van der Waals surface area contributed by atoms with E-state index in [1.165, 1.54) is 16.7 Å². The summed E-state index contributed by atoms with van der Waals surface area (Å²) < 4.78 is 6.45. The van der Waals surface area contributed by atoms with Crippen LogP contribution in [0.4, 0.5) is 0 Å². The monoisotopic (exact) mass is 375 g/mol. The van der Waals surface area contributed by atoms with Gasteiger partial charge in [-0.3, -0.25) is 9.69 Å². The van der Waals surface area contributed by atoms with E-state index in [9.17, 15) is 4.79 Å². The van der Waals surface area contributed by atoms with Crippen LogP contribution in [0.3, 0.4) is 0 Å². The van der Waals surface area contributed by atoms with Gasteiger partial charge in [0.05, 0.1) is 4.91 Å². The third kappa shape index (κ3) is 3.80. The van der Waals surface area contributed by atoms with Crippen LogP contribution in [0.25, 0.3) is 6.08 Å². The summed E-state index contributed by atoms with van der Waals surface area (Å²) in [6.07, 6.45) is 1.77. The van der Waals surface area contributed by atoms with Gasteiger partial charge in [0.1, 0.15) is 16.7 Å². The number of likely N-dealkylation sites (N-methyl/N-ethyl adjacent to an activating group) is 1. The van der Waals surface area contributed by atoms with Crippen molar-refractivity contribution in [2.24, 2.45) is 0 Å². The summed E-state index contributed by atoms with van der Waals surface area (Å²) in [6, 6.07) is 15.2. The van der Waals surface area contributed by atoms with Crippen LogP contribution in [0.2, 0.25) is 5.02 Å². The second-order valence-electron chi connectivity index (χ2n) is 5.20. The van der Waals surface area contributed by atoms with Crippen molar-refractivity contribution in [1.29, 1.82) is 0 Å². The largest absolute Gasteiger partial charge is 0.488 e. The fourth-order valence-corrected chi connectivity index (χ4v) is 3.54. The van der Waals surface area contributed by atoms with Crippen LogP contribution in [-0.2, 0) is 11.4 Å². The molecule has 1 aliphatic rings. The van der Waals surface area contributed by atoms with Gasteiger partial charge in [0.15, 0.2) is 0 Å². The molecule has 0 aliphatic carbocycles. The molecule has 0 saturated carbocycles. The van der Waals surface area contributed by atoms with Crippen molar-refractivity contribution in [2.45, 2.75) is 6.61 Å². The molecular formula is C18H14ClNO2S2. The van der Waals surface area contributed by atoms with E-state index < -0.39 is 0 Å². The van der Waals surface area contributed by atoms with E-state index >= 15 is 0 Å². The average molecular weight is 376 g/mol. The highest BCUT2D eigenvalue weighted by molar-refractivity contribution is 8.26. The zero-order valence-electron chi connectivity index (χ0n) is 12.9. The van der Waals surface area contributed by atoms with E-state index in [-0.39, 0.29) is 5.91 Å². The van der Waals surface area contributed by atoms with E-state index in [0.717, 1.165) is 11.1 Å². The van der Waals surface area contributed by atoms with Crippen molar-refractivity contribution < 1.29 is 9.53 Å². The quantitative estimate of drug-likeness (QED) is 0.569. The Morgan fingerprint density at radius 1 is 1.25 bits per heavy atom. The molecule has 0 N–H and O–H groups in total. The Bertz CT molecular complexity index is 821. The number of carbonyl (C=O) groups excluding carboxylic acids is 1. The molecule has 1 amide bonds. The van der Waals surface area contributed by atoms with Crippen LogP contribution in [0.1, 0.15) is 11.1 Å². The first kappa shape index (κ1) is 17.0. The highest BCUT2D eigenvalue weighted by Gasteiger charge is 2.28. The zero-order valence-corrected chi connectivity index (χ0v) is 15.3. The lowest BCUT2D eigenvalue weighted by Crippen LogP contribution is -2.22. The highest BCUT2D eigenvalue weighted by Crippen LogP contribution is 2.34. The van der Waals surface area contributed by atoms with Crippen molar-refractivity contribution in [2.75, 3.05) is 7.05 Å².